The van der Waals surface area contributed by atoms with E-state index in [2.05, 4.69) is 36.3 Å². The molecule has 2 N–H and O–H groups in total. The number of hydrogen-bond donors (Lipinski definition) is 1. The van der Waals surface area contributed by atoms with Crippen LogP contribution in [0, 0.1) is 0 Å². The van der Waals surface area contributed by atoms with Gasteiger partial charge in [0.1, 0.15) is 0 Å². The van der Waals surface area contributed by atoms with E-state index in [1.54, 1.807) is 12.3 Å². The van der Waals surface area contributed by atoms with E-state index in [0.29, 0.717) is 21.8 Å². The second-order valence-corrected chi connectivity index (χ2v) is 4.70. The Morgan fingerprint density at radius 2 is 1.95 bits per heavy atom. The van der Waals surface area contributed by atoms with Gasteiger partial charge in [0, 0.05) is 5.56 Å². The SMILES string of the molecule is Nc1cnc(-n2nnc(-c3ccccc3)n2)c(Br)c1. The van der Waals surface area contributed by atoms with Gasteiger partial charge in [0.05, 0.1) is 16.4 Å². The smallest absolute Gasteiger partial charge is 0.205 e. The number of benzene rings is 1. The number of hydrogen-bond acceptors (Lipinski definition) is 5. The molecule has 0 aliphatic carbocycles. The first-order valence-electron chi connectivity index (χ1n) is 5.51. The van der Waals surface area contributed by atoms with Crippen molar-refractivity contribution in [3.05, 3.63) is 47.1 Å². The van der Waals surface area contributed by atoms with Crippen LogP contribution in [0.3, 0.4) is 0 Å². The van der Waals surface area contributed by atoms with E-state index in [1.165, 1.54) is 4.80 Å². The second-order valence-electron chi connectivity index (χ2n) is 3.84. The molecule has 3 rings (SSSR count). The summed E-state index contributed by atoms with van der Waals surface area (Å²) < 4.78 is 0.713. The molecule has 0 amide bonds. The normalized spacial score (nSPS) is 10.6. The van der Waals surface area contributed by atoms with Gasteiger partial charge in [-0.3, -0.25) is 0 Å². The highest BCUT2D eigenvalue weighted by Crippen LogP contribution is 2.20. The molecule has 19 heavy (non-hydrogen) atoms. The monoisotopic (exact) mass is 316 g/mol. The van der Waals surface area contributed by atoms with Crippen LogP contribution in [0.2, 0.25) is 0 Å². The molecule has 94 valence electrons. The van der Waals surface area contributed by atoms with Crippen LogP contribution in [-0.2, 0) is 0 Å². The lowest BCUT2D eigenvalue weighted by Gasteiger charge is -2.01. The number of nitrogen functional groups attached to an aromatic ring is 1. The maximum atomic E-state index is 5.64. The summed E-state index contributed by atoms with van der Waals surface area (Å²) in [6.07, 6.45) is 1.55. The molecule has 0 radical (unpaired) electrons. The van der Waals surface area contributed by atoms with E-state index in [-0.39, 0.29) is 0 Å². The minimum absolute atomic E-state index is 0.545. The van der Waals surface area contributed by atoms with Crippen molar-refractivity contribution in [3.8, 4) is 17.2 Å². The van der Waals surface area contributed by atoms with Gasteiger partial charge in [0.15, 0.2) is 5.82 Å². The van der Waals surface area contributed by atoms with Crippen molar-refractivity contribution in [2.45, 2.75) is 0 Å². The molecule has 7 heteroatoms. The molecular formula is C12H9BrN6. The maximum Gasteiger partial charge on any atom is 0.205 e. The lowest BCUT2D eigenvalue weighted by atomic mass is 10.2. The van der Waals surface area contributed by atoms with Gasteiger partial charge in [-0.2, -0.15) is 0 Å². The molecule has 0 saturated carbocycles. The fraction of sp³-hybridized carbons (Fsp3) is 0. The summed E-state index contributed by atoms with van der Waals surface area (Å²) in [5, 5.41) is 12.3. The zero-order valence-electron chi connectivity index (χ0n) is 9.73. The summed E-state index contributed by atoms with van der Waals surface area (Å²) in [7, 11) is 0. The van der Waals surface area contributed by atoms with Gasteiger partial charge in [-0.05, 0) is 27.2 Å². The Hall–Kier alpha value is -2.28. The molecule has 0 bridgehead atoms. The Bertz CT molecular complexity index is 709. The van der Waals surface area contributed by atoms with E-state index in [4.69, 9.17) is 5.73 Å². The fourth-order valence-corrected chi connectivity index (χ4v) is 2.12. The average molecular weight is 317 g/mol. The summed E-state index contributed by atoms with van der Waals surface area (Å²) in [4.78, 5) is 5.55. The van der Waals surface area contributed by atoms with Gasteiger partial charge < -0.3 is 5.73 Å². The summed E-state index contributed by atoms with van der Waals surface area (Å²) in [6, 6.07) is 11.4. The minimum Gasteiger partial charge on any atom is -0.397 e. The topological polar surface area (TPSA) is 82.5 Å². The van der Waals surface area contributed by atoms with Gasteiger partial charge in [-0.25, -0.2) is 4.98 Å². The van der Waals surface area contributed by atoms with Gasteiger partial charge in [0.2, 0.25) is 5.82 Å². The van der Waals surface area contributed by atoms with Crippen molar-refractivity contribution in [2.24, 2.45) is 0 Å². The van der Waals surface area contributed by atoms with Crippen LogP contribution in [0.15, 0.2) is 47.1 Å². The summed E-state index contributed by atoms with van der Waals surface area (Å²) in [5.41, 5.74) is 7.12. The highest BCUT2D eigenvalue weighted by molar-refractivity contribution is 9.10. The lowest BCUT2D eigenvalue weighted by Crippen LogP contribution is -2.03. The van der Waals surface area contributed by atoms with Crippen molar-refractivity contribution in [2.75, 3.05) is 5.73 Å². The Balaban J connectivity index is 2.02. The summed E-state index contributed by atoms with van der Waals surface area (Å²) in [6.45, 7) is 0. The Labute approximate surface area is 117 Å². The highest BCUT2D eigenvalue weighted by Gasteiger charge is 2.10. The second kappa shape index (κ2) is 4.77. The summed E-state index contributed by atoms with van der Waals surface area (Å²) >= 11 is 3.38. The number of pyridine rings is 1. The van der Waals surface area contributed by atoms with Crippen molar-refractivity contribution < 1.29 is 0 Å². The van der Waals surface area contributed by atoms with Crippen molar-refractivity contribution in [1.82, 2.24) is 25.2 Å². The van der Waals surface area contributed by atoms with Gasteiger partial charge in [0.25, 0.3) is 0 Å². The minimum atomic E-state index is 0.545. The molecule has 1 aromatic carbocycles. The van der Waals surface area contributed by atoms with Gasteiger partial charge >= 0.3 is 0 Å². The Morgan fingerprint density at radius 1 is 1.16 bits per heavy atom. The first kappa shape index (κ1) is 11.8. The highest BCUT2D eigenvalue weighted by atomic mass is 79.9. The molecule has 2 aromatic heterocycles. The number of tetrazole rings is 1. The van der Waals surface area contributed by atoms with Gasteiger partial charge in [-0.1, -0.05) is 30.3 Å². The quantitative estimate of drug-likeness (QED) is 0.782. The number of nitrogens with zero attached hydrogens (tertiary/aromatic N) is 5. The molecule has 0 aliphatic rings. The van der Waals surface area contributed by atoms with E-state index >= 15 is 0 Å². The molecule has 0 aliphatic heterocycles. The third-order valence-corrected chi connectivity index (χ3v) is 3.06. The summed E-state index contributed by atoms with van der Waals surface area (Å²) in [5.74, 6) is 1.09. The van der Waals surface area contributed by atoms with Gasteiger partial charge in [-0.15, -0.1) is 15.0 Å². The third kappa shape index (κ3) is 2.32. The molecule has 3 aromatic rings. The van der Waals surface area contributed by atoms with Crippen molar-refractivity contribution in [1.29, 1.82) is 0 Å². The van der Waals surface area contributed by atoms with Crippen LogP contribution in [0.5, 0.6) is 0 Å². The molecule has 6 nitrogen and oxygen atoms in total. The van der Waals surface area contributed by atoms with Crippen molar-refractivity contribution in [3.63, 3.8) is 0 Å². The molecule has 0 spiro atoms. The largest absolute Gasteiger partial charge is 0.397 e. The molecule has 0 atom stereocenters. The molecule has 0 unspecified atom stereocenters. The number of halogens is 1. The van der Waals surface area contributed by atoms with Crippen LogP contribution in [0.25, 0.3) is 17.2 Å². The van der Waals surface area contributed by atoms with E-state index < -0.39 is 0 Å². The standard InChI is InChI=1S/C12H9BrN6/c13-10-6-9(14)7-15-12(10)19-17-11(16-18-19)8-4-2-1-3-5-8/h1-7H,14H2. The predicted molar refractivity (Wildman–Crippen MR) is 74.5 cm³/mol. The molecular weight excluding hydrogens is 308 g/mol. The maximum absolute atomic E-state index is 5.64. The number of nitrogens with two attached hydrogens (primary N) is 1. The number of aromatic nitrogens is 5. The first-order chi connectivity index (χ1) is 9.24. The molecule has 2 heterocycles. The molecule has 0 saturated heterocycles. The Morgan fingerprint density at radius 3 is 2.68 bits per heavy atom. The Kier molecular flexibility index (Phi) is 2.96. The van der Waals surface area contributed by atoms with E-state index in [9.17, 15) is 0 Å². The zero-order chi connectivity index (χ0) is 13.2. The van der Waals surface area contributed by atoms with E-state index in [0.717, 1.165) is 5.56 Å². The average Bonchev–Trinajstić information content (AvgIpc) is 2.89. The predicted octanol–water partition coefficient (Wildman–Crippen LogP) is 2.07. The number of rotatable bonds is 2. The third-order valence-electron chi connectivity index (χ3n) is 2.48. The van der Waals surface area contributed by atoms with Crippen LogP contribution in [0.1, 0.15) is 0 Å². The first-order valence-corrected chi connectivity index (χ1v) is 6.30. The fourth-order valence-electron chi connectivity index (χ4n) is 1.60. The van der Waals surface area contributed by atoms with E-state index in [1.807, 2.05) is 30.3 Å². The molecule has 0 fully saturated rings. The number of anilines is 1. The van der Waals surface area contributed by atoms with Crippen LogP contribution in [-0.4, -0.2) is 25.2 Å². The van der Waals surface area contributed by atoms with Crippen LogP contribution < -0.4 is 5.73 Å². The van der Waals surface area contributed by atoms with Crippen molar-refractivity contribution >= 4 is 21.6 Å². The van der Waals surface area contributed by atoms with Crippen LogP contribution in [0.4, 0.5) is 5.69 Å². The lowest BCUT2D eigenvalue weighted by molar-refractivity contribution is 0.698. The van der Waals surface area contributed by atoms with Crippen LogP contribution >= 0.6 is 15.9 Å². The zero-order valence-corrected chi connectivity index (χ0v) is 11.3.